The summed E-state index contributed by atoms with van der Waals surface area (Å²) in [5, 5.41) is 30.2. The lowest BCUT2D eigenvalue weighted by atomic mass is 9.78. The van der Waals surface area contributed by atoms with E-state index in [4.69, 9.17) is 4.74 Å². The highest BCUT2D eigenvalue weighted by Crippen LogP contribution is 2.42. The quantitative estimate of drug-likeness (QED) is 0.0391. The topological polar surface area (TPSA) is 121 Å². The standard InChI is InChI=1S/C44H60O7/c1-2-3-4-5-6-7-10-13-25-34-43(41(47)48,42(49)50)35-26-14-11-8-9-12-24-33-39(40(45)46)51-44(36-27-18-15-19-28-36,37-29-20-16-21-30-37)38-31-22-17-23-32-38/h15-23,27-32,39H,2-14,24-26,33-35H2,1H3,(H,45,46)(H,47,48)(H,49,50). The SMILES string of the molecule is CCCCCCCCCCCC(CCCCCCCCCC(OC(c1ccccc1)(c1ccccc1)c1ccccc1)C(=O)O)(C(=O)O)C(=O)O. The van der Waals surface area contributed by atoms with E-state index < -0.39 is 35.0 Å². The molecule has 7 heteroatoms. The van der Waals surface area contributed by atoms with Crippen molar-refractivity contribution < 1.29 is 34.4 Å². The molecule has 3 aromatic rings. The van der Waals surface area contributed by atoms with Crippen molar-refractivity contribution in [1.29, 1.82) is 0 Å². The van der Waals surface area contributed by atoms with Crippen LogP contribution in [0.1, 0.15) is 146 Å². The highest BCUT2D eigenvalue weighted by atomic mass is 16.5. The van der Waals surface area contributed by atoms with Crippen molar-refractivity contribution in [3.05, 3.63) is 108 Å². The first-order valence-corrected chi connectivity index (χ1v) is 19.3. The Morgan fingerprint density at radius 1 is 0.510 bits per heavy atom. The van der Waals surface area contributed by atoms with Crippen LogP contribution in [0.25, 0.3) is 0 Å². The molecule has 3 N–H and O–H groups in total. The molecule has 0 aliphatic heterocycles. The summed E-state index contributed by atoms with van der Waals surface area (Å²) in [6.45, 7) is 2.20. The van der Waals surface area contributed by atoms with Gasteiger partial charge in [-0.3, -0.25) is 9.59 Å². The summed E-state index contributed by atoms with van der Waals surface area (Å²) in [4.78, 5) is 37.0. The maximum absolute atomic E-state index is 12.6. The van der Waals surface area contributed by atoms with Gasteiger partial charge in [-0.2, -0.15) is 0 Å². The second-order valence-electron chi connectivity index (χ2n) is 14.0. The van der Waals surface area contributed by atoms with Crippen LogP contribution in [0.15, 0.2) is 91.0 Å². The molecule has 0 fully saturated rings. The Kier molecular flexibility index (Phi) is 18.5. The average Bonchev–Trinajstić information content (AvgIpc) is 3.14. The summed E-state index contributed by atoms with van der Waals surface area (Å²) in [5.41, 5.74) is -0.242. The van der Waals surface area contributed by atoms with Crippen molar-refractivity contribution in [2.45, 2.75) is 141 Å². The van der Waals surface area contributed by atoms with Crippen LogP contribution in [0, 0.1) is 5.41 Å². The average molecular weight is 701 g/mol. The van der Waals surface area contributed by atoms with Gasteiger partial charge in [0.15, 0.2) is 11.5 Å². The zero-order chi connectivity index (χ0) is 36.8. The highest BCUT2D eigenvalue weighted by Gasteiger charge is 2.45. The summed E-state index contributed by atoms with van der Waals surface area (Å²) in [5.74, 6) is -3.44. The number of unbranched alkanes of at least 4 members (excludes halogenated alkanes) is 14. The molecule has 0 saturated heterocycles. The monoisotopic (exact) mass is 700 g/mol. The molecule has 3 rings (SSSR count). The molecule has 3 aromatic carbocycles. The predicted octanol–water partition coefficient (Wildman–Crippen LogP) is 11.0. The Hall–Kier alpha value is -3.97. The normalized spacial score (nSPS) is 12.4. The van der Waals surface area contributed by atoms with E-state index >= 15 is 0 Å². The van der Waals surface area contributed by atoms with Gasteiger partial charge in [-0.15, -0.1) is 0 Å². The van der Waals surface area contributed by atoms with Crippen LogP contribution < -0.4 is 0 Å². The predicted molar refractivity (Wildman–Crippen MR) is 203 cm³/mol. The number of hydrogen-bond donors (Lipinski definition) is 3. The molecule has 1 atom stereocenters. The molecule has 0 aliphatic carbocycles. The van der Waals surface area contributed by atoms with Crippen molar-refractivity contribution in [3.63, 3.8) is 0 Å². The van der Waals surface area contributed by atoms with Gasteiger partial charge in [0, 0.05) is 0 Å². The van der Waals surface area contributed by atoms with E-state index in [9.17, 15) is 29.7 Å². The van der Waals surface area contributed by atoms with Crippen molar-refractivity contribution >= 4 is 17.9 Å². The molecule has 0 saturated carbocycles. The largest absolute Gasteiger partial charge is 0.480 e. The Bertz CT molecular complexity index is 1300. The van der Waals surface area contributed by atoms with E-state index in [-0.39, 0.29) is 12.8 Å². The molecule has 0 heterocycles. The zero-order valence-corrected chi connectivity index (χ0v) is 30.6. The van der Waals surface area contributed by atoms with Gasteiger partial charge >= 0.3 is 17.9 Å². The van der Waals surface area contributed by atoms with Crippen molar-refractivity contribution in [3.8, 4) is 0 Å². The highest BCUT2D eigenvalue weighted by molar-refractivity contribution is 5.98. The van der Waals surface area contributed by atoms with Gasteiger partial charge in [0.2, 0.25) is 0 Å². The van der Waals surface area contributed by atoms with E-state index in [1.807, 2.05) is 91.0 Å². The summed E-state index contributed by atoms with van der Waals surface area (Å²) < 4.78 is 6.76. The van der Waals surface area contributed by atoms with Gasteiger partial charge in [0.05, 0.1) is 0 Å². The second-order valence-corrected chi connectivity index (χ2v) is 14.0. The van der Waals surface area contributed by atoms with Crippen LogP contribution in [-0.2, 0) is 24.7 Å². The minimum absolute atomic E-state index is 0.151. The summed E-state index contributed by atoms with van der Waals surface area (Å²) in [6.07, 6.45) is 15.1. The van der Waals surface area contributed by atoms with Gasteiger partial charge in [0.25, 0.3) is 0 Å². The van der Waals surface area contributed by atoms with E-state index in [2.05, 4.69) is 6.92 Å². The second kappa shape index (κ2) is 22.8. The molecule has 0 aromatic heterocycles. The zero-order valence-electron chi connectivity index (χ0n) is 30.6. The lowest BCUT2D eigenvalue weighted by molar-refractivity contribution is -0.166. The molecule has 278 valence electrons. The maximum atomic E-state index is 12.6. The number of carboxylic acid groups (broad SMARTS) is 3. The third-order valence-electron chi connectivity index (χ3n) is 10.2. The molecule has 7 nitrogen and oxygen atoms in total. The number of rotatable bonds is 28. The fourth-order valence-electron chi connectivity index (χ4n) is 7.19. The molecule has 0 spiro atoms. The molecular weight excluding hydrogens is 640 g/mol. The van der Waals surface area contributed by atoms with E-state index in [0.717, 1.165) is 68.1 Å². The summed E-state index contributed by atoms with van der Waals surface area (Å²) in [6, 6.07) is 29.3. The minimum atomic E-state index is -1.71. The summed E-state index contributed by atoms with van der Waals surface area (Å²) in [7, 11) is 0. The van der Waals surface area contributed by atoms with Gasteiger partial charge in [0.1, 0.15) is 5.60 Å². The lowest BCUT2D eigenvalue weighted by Gasteiger charge is -2.38. The first kappa shape index (κ1) is 41.5. The van der Waals surface area contributed by atoms with Crippen LogP contribution in [0.3, 0.4) is 0 Å². The number of benzene rings is 3. The Morgan fingerprint density at radius 3 is 1.18 bits per heavy atom. The number of ether oxygens (including phenoxy) is 1. The fraction of sp³-hybridized carbons (Fsp3) is 0.523. The number of hydrogen-bond acceptors (Lipinski definition) is 4. The number of aliphatic carboxylic acids is 3. The first-order chi connectivity index (χ1) is 24.8. The fourth-order valence-corrected chi connectivity index (χ4v) is 7.19. The minimum Gasteiger partial charge on any atom is -0.480 e. The van der Waals surface area contributed by atoms with Crippen LogP contribution in [0.4, 0.5) is 0 Å². The third kappa shape index (κ3) is 12.6. The molecule has 0 aliphatic rings. The van der Waals surface area contributed by atoms with Crippen LogP contribution in [0.5, 0.6) is 0 Å². The van der Waals surface area contributed by atoms with Gasteiger partial charge in [-0.05, 0) is 36.0 Å². The van der Waals surface area contributed by atoms with E-state index in [0.29, 0.717) is 25.7 Å². The van der Waals surface area contributed by atoms with Gasteiger partial charge in [-0.1, -0.05) is 201 Å². The molecular formula is C44H60O7. The first-order valence-electron chi connectivity index (χ1n) is 19.3. The third-order valence-corrected chi connectivity index (χ3v) is 10.2. The van der Waals surface area contributed by atoms with Crippen LogP contribution in [0.2, 0.25) is 0 Å². The van der Waals surface area contributed by atoms with Crippen molar-refractivity contribution in [2.75, 3.05) is 0 Å². The Labute approximate surface area is 305 Å². The van der Waals surface area contributed by atoms with Crippen LogP contribution in [-0.4, -0.2) is 39.3 Å². The number of carbonyl (C=O) groups is 3. The molecule has 51 heavy (non-hydrogen) atoms. The lowest BCUT2D eigenvalue weighted by Crippen LogP contribution is -2.40. The molecule has 0 bridgehead atoms. The molecule has 0 radical (unpaired) electrons. The van der Waals surface area contributed by atoms with E-state index in [1.165, 1.54) is 32.1 Å². The Morgan fingerprint density at radius 2 is 0.843 bits per heavy atom. The summed E-state index contributed by atoms with van der Waals surface area (Å²) >= 11 is 0. The maximum Gasteiger partial charge on any atom is 0.332 e. The van der Waals surface area contributed by atoms with Crippen LogP contribution >= 0.6 is 0 Å². The molecule has 0 amide bonds. The van der Waals surface area contributed by atoms with Gasteiger partial charge < -0.3 is 20.1 Å². The molecule has 1 unspecified atom stereocenters. The van der Waals surface area contributed by atoms with Gasteiger partial charge in [-0.25, -0.2) is 4.79 Å². The smallest absolute Gasteiger partial charge is 0.332 e. The Balaban J connectivity index is 1.49. The van der Waals surface area contributed by atoms with Crippen molar-refractivity contribution in [1.82, 2.24) is 0 Å². The number of carboxylic acids is 3. The van der Waals surface area contributed by atoms with Crippen molar-refractivity contribution in [2.24, 2.45) is 5.41 Å². The van der Waals surface area contributed by atoms with E-state index in [1.54, 1.807) is 0 Å².